The standard InChI is InChI=1S/C39H47Cl3N4O4/c1-2-3-4-5-6-7-8-9-10-11-12-13-14-17-28-18-15-21-32(22-28)50-27-36(47)43-31-20-16-19-29(23-31)39(49)44-35-26-37(48)46(45-35)38-33(41)24-30(40)25-34(38)42/h15-16,18-26,45H,2-14,17,27H2,1H3,(H,43,47)(H,44,49). The van der Waals surface area contributed by atoms with Crippen molar-refractivity contribution in [3.8, 4) is 11.4 Å². The third kappa shape index (κ3) is 12.9. The highest BCUT2D eigenvalue weighted by Gasteiger charge is 2.16. The predicted octanol–water partition coefficient (Wildman–Crippen LogP) is 11.0. The minimum absolute atomic E-state index is 0.126. The van der Waals surface area contributed by atoms with Gasteiger partial charge in [0, 0.05) is 22.3 Å². The van der Waals surface area contributed by atoms with E-state index in [1.54, 1.807) is 18.2 Å². The zero-order chi connectivity index (χ0) is 35.7. The van der Waals surface area contributed by atoms with Crippen LogP contribution in [0.15, 0.2) is 71.5 Å². The van der Waals surface area contributed by atoms with Crippen molar-refractivity contribution in [2.24, 2.45) is 0 Å². The van der Waals surface area contributed by atoms with Gasteiger partial charge in [0.2, 0.25) is 0 Å². The van der Waals surface area contributed by atoms with Crippen LogP contribution in [0.2, 0.25) is 15.1 Å². The number of aromatic nitrogens is 2. The molecule has 0 saturated heterocycles. The highest BCUT2D eigenvalue weighted by molar-refractivity contribution is 6.40. The molecule has 1 aromatic heterocycles. The molecule has 4 rings (SSSR count). The topological polar surface area (TPSA) is 105 Å². The molecule has 0 aliphatic carbocycles. The summed E-state index contributed by atoms with van der Waals surface area (Å²) in [4.78, 5) is 38.3. The molecule has 8 nitrogen and oxygen atoms in total. The van der Waals surface area contributed by atoms with Gasteiger partial charge in [0.05, 0.1) is 10.0 Å². The maximum Gasteiger partial charge on any atom is 0.273 e. The zero-order valence-electron chi connectivity index (χ0n) is 28.7. The summed E-state index contributed by atoms with van der Waals surface area (Å²) in [6.45, 7) is 2.09. The Labute approximate surface area is 309 Å². The number of hydrogen-bond acceptors (Lipinski definition) is 4. The summed E-state index contributed by atoms with van der Waals surface area (Å²) in [5.74, 6) is -0.0919. The number of carbonyl (C=O) groups excluding carboxylic acids is 2. The molecule has 2 amide bonds. The van der Waals surface area contributed by atoms with Crippen LogP contribution >= 0.6 is 34.8 Å². The lowest BCUT2D eigenvalue weighted by Crippen LogP contribution is -2.20. The second-order valence-corrected chi connectivity index (χ2v) is 13.8. The molecule has 0 unspecified atom stereocenters. The summed E-state index contributed by atoms with van der Waals surface area (Å²) in [6.07, 6.45) is 18.3. The van der Waals surface area contributed by atoms with Crippen molar-refractivity contribution in [2.45, 2.75) is 96.8 Å². The number of aromatic amines is 1. The average molecular weight is 742 g/mol. The molecule has 0 bridgehead atoms. The molecule has 0 radical (unpaired) electrons. The van der Waals surface area contributed by atoms with Gasteiger partial charge < -0.3 is 15.4 Å². The SMILES string of the molecule is CCCCCCCCCCCCCCCc1cccc(OCC(=O)Nc2cccc(C(=O)Nc3cc(=O)n(-c4c(Cl)cc(Cl)cc4Cl)[nH]3)c2)c1. The van der Waals surface area contributed by atoms with E-state index >= 15 is 0 Å². The maximum absolute atomic E-state index is 13.0. The lowest BCUT2D eigenvalue weighted by Gasteiger charge is -2.10. The van der Waals surface area contributed by atoms with E-state index < -0.39 is 11.5 Å². The van der Waals surface area contributed by atoms with Crippen molar-refractivity contribution in [2.75, 3.05) is 17.2 Å². The number of anilines is 2. The largest absolute Gasteiger partial charge is 0.484 e. The fourth-order valence-corrected chi connectivity index (χ4v) is 6.78. The van der Waals surface area contributed by atoms with Gasteiger partial charge in [0.1, 0.15) is 17.3 Å². The van der Waals surface area contributed by atoms with Crippen LogP contribution in [-0.4, -0.2) is 28.2 Å². The first-order valence-electron chi connectivity index (χ1n) is 17.6. The third-order valence-corrected chi connectivity index (χ3v) is 9.21. The smallest absolute Gasteiger partial charge is 0.273 e. The second kappa shape index (κ2) is 20.8. The third-order valence-electron chi connectivity index (χ3n) is 8.42. The Morgan fingerprint density at radius 3 is 2.02 bits per heavy atom. The highest BCUT2D eigenvalue weighted by atomic mass is 35.5. The van der Waals surface area contributed by atoms with Crippen LogP contribution in [0.1, 0.15) is 106 Å². The van der Waals surface area contributed by atoms with Crippen molar-refractivity contribution >= 4 is 58.1 Å². The molecule has 268 valence electrons. The molecule has 0 spiro atoms. The van der Waals surface area contributed by atoms with E-state index in [-0.39, 0.29) is 39.6 Å². The van der Waals surface area contributed by atoms with Crippen molar-refractivity contribution in [1.82, 2.24) is 9.78 Å². The average Bonchev–Trinajstić information content (AvgIpc) is 3.44. The van der Waals surface area contributed by atoms with Crippen LogP contribution in [0.4, 0.5) is 11.5 Å². The van der Waals surface area contributed by atoms with Crippen LogP contribution in [-0.2, 0) is 11.2 Å². The van der Waals surface area contributed by atoms with E-state index in [9.17, 15) is 14.4 Å². The Morgan fingerprint density at radius 2 is 1.36 bits per heavy atom. The number of benzene rings is 3. The summed E-state index contributed by atoms with van der Waals surface area (Å²) in [5.41, 5.74) is 1.60. The number of unbranched alkanes of at least 4 members (excludes halogenated alkanes) is 12. The van der Waals surface area contributed by atoms with E-state index in [2.05, 4.69) is 28.7 Å². The van der Waals surface area contributed by atoms with Gasteiger partial charge in [-0.15, -0.1) is 0 Å². The van der Waals surface area contributed by atoms with Crippen LogP contribution in [0, 0.1) is 0 Å². The summed E-state index contributed by atoms with van der Waals surface area (Å²) in [6, 6.07) is 18.4. The van der Waals surface area contributed by atoms with Crippen LogP contribution < -0.4 is 20.9 Å². The first kappa shape index (κ1) is 39.1. The number of carbonyl (C=O) groups is 2. The van der Waals surface area contributed by atoms with Crippen LogP contribution in [0.3, 0.4) is 0 Å². The minimum atomic E-state index is -0.501. The van der Waals surface area contributed by atoms with E-state index in [1.165, 1.54) is 107 Å². The van der Waals surface area contributed by atoms with Gasteiger partial charge in [-0.2, -0.15) is 0 Å². The molecule has 11 heteroatoms. The van der Waals surface area contributed by atoms with E-state index in [0.29, 0.717) is 16.5 Å². The monoisotopic (exact) mass is 740 g/mol. The van der Waals surface area contributed by atoms with Crippen molar-refractivity contribution < 1.29 is 14.3 Å². The first-order valence-corrected chi connectivity index (χ1v) is 18.8. The van der Waals surface area contributed by atoms with Gasteiger partial charge in [-0.1, -0.05) is 137 Å². The number of amides is 2. The Morgan fingerprint density at radius 1 is 0.740 bits per heavy atom. The number of halogens is 3. The lowest BCUT2D eigenvalue weighted by molar-refractivity contribution is -0.118. The van der Waals surface area contributed by atoms with Gasteiger partial charge in [-0.3, -0.25) is 19.5 Å². The first-order chi connectivity index (χ1) is 24.2. The Kier molecular flexibility index (Phi) is 16.3. The van der Waals surface area contributed by atoms with E-state index in [0.717, 1.165) is 17.5 Å². The Bertz CT molecular complexity index is 1730. The quantitative estimate of drug-likeness (QED) is 0.0739. The zero-order valence-corrected chi connectivity index (χ0v) is 30.9. The molecule has 3 aromatic carbocycles. The van der Waals surface area contributed by atoms with Gasteiger partial charge in [-0.25, -0.2) is 4.68 Å². The van der Waals surface area contributed by atoms with Gasteiger partial charge in [0.15, 0.2) is 6.61 Å². The second-order valence-electron chi connectivity index (χ2n) is 12.6. The fraction of sp³-hybridized carbons (Fsp3) is 0.410. The number of hydrogen-bond donors (Lipinski definition) is 3. The molecule has 0 atom stereocenters. The number of nitrogens with zero attached hydrogens (tertiary/aromatic N) is 1. The number of H-pyrrole nitrogens is 1. The summed E-state index contributed by atoms with van der Waals surface area (Å²) >= 11 is 18.5. The fourth-order valence-electron chi connectivity index (χ4n) is 5.79. The number of rotatable bonds is 21. The van der Waals surface area contributed by atoms with Crippen molar-refractivity contribution in [3.63, 3.8) is 0 Å². The van der Waals surface area contributed by atoms with Crippen LogP contribution in [0.5, 0.6) is 5.75 Å². The molecule has 3 N–H and O–H groups in total. The maximum atomic E-state index is 13.0. The number of aryl methyl sites for hydroxylation is 1. The molecule has 1 heterocycles. The molecule has 4 aromatic rings. The molecule has 0 saturated carbocycles. The molecule has 0 fully saturated rings. The summed E-state index contributed by atoms with van der Waals surface area (Å²) in [7, 11) is 0. The van der Waals surface area contributed by atoms with Crippen molar-refractivity contribution in [1.29, 1.82) is 0 Å². The summed E-state index contributed by atoms with van der Waals surface area (Å²) < 4.78 is 6.89. The van der Waals surface area contributed by atoms with Crippen molar-refractivity contribution in [3.05, 3.63) is 103 Å². The lowest BCUT2D eigenvalue weighted by atomic mass is 10.0. The van der Waals surface area contributed by atoms with E-state index in [4.69, 9.17) is 39.5 Å². The minimum Gasteiger partial charge on any atom is -0.484 e. The number of ether oxygens (including phenoxy) is 1. The molecular weight excluding hydrogens is 695 g/mol. The number of nitrogens with one attached hydrogen (secondary N) is 3. The normalized spacial score (nSPS) is 11.0. The molecular formula is C39H47Cl3N4O4. The van der Waals surface area contributed by atoms with Gasteiger partial charge >= 0.3 is 0 Å². The Hall–Kier alpha value is -3.72. The Balaban J connectivity index is 1.17. The van der Waals surface area contributed by atoms with E-state index in [1.807, 2.05) is 18.2 Å². The molecule has 50 heavy (non-hydrogen) atoms. The van der Waals surface area contributed by atoms with Gasteiger partial charge in [-0.05, 0) is 60.9 Å². The van der Waals surface area contributed by atoms with Crippen LogP contribution in [0.25, 0.3) is 5.69 Å². The van der Waals surface area contributed by atoms with Gasteiger partial charge in [0.25, 0.3) is 17.4 Å². The predicted molar refractivity (Wildman–Crippen MR) is 206 cm³/mol. The summed E-state index contributed by atoms with van der Waals surface area (Å²) in [5, 5.41) is 8.85. The molecule has 0 aliphatic heterocycles. The highest BCUT2D eigenvalue weighted by Crippen LogP contribution is 2.31. The molecule has 0 aliphatic rings.